The molecule has 2 unspecified atom stereocenters. The van der Waals surface area contributed by atoms with Crippen molar-refractivity contribution in [2.24, 2.45) is 10.9 Å². The minimum absolute atomic E-state index is 0.479. The number of nitrogens with zero attached hydrogens (tertiary/aromatic N) is 4. The molecule has 0 bridgehead atoms. The summed E-state index contributed by atoms with van der Waals surface area (Å²) in [6.07, 6.45) is 1.10. The summed E-state index contributed by atoms with van der Waals surface area (Å²) in [7, 11) is 4.09. The molecule has 0 saturated carbocycles. The van der Waals surface area contributed by atoms with Gasteiger partial charge in [0.25, 0.3) is 0 Å². The topological polar surface area (TPSA) is 55.4 Å². The number of rotatable bonds is 9. The summed E-state index contributed by atoms with van der Waals surface area (Å²) in [5.74, 6) is 1.49. The smallest absolute Gasteiger partial charge is 0.191 e. The van der Waals surface area contributed by atoms with Crippen molar-refractivity contribution in [3.63, 3.8) is 0 Å². The predicted molar refractivity (Wildman–Crippen MR) is 133 cm³/mol. The Morgan fingerprint density at radius 2 is 1.84 bits per heavy atom. The van der Waals surface area contributed by atoms with E-state index >= 15 is 0 Å². The normalized spacial score (nSPS) is 22.8. The summed E-state index contributed by atoms with van der Waals surface area (Å²) in [5, 5.41) is 7.09. The Kier molecular flexibility index (Phi) is 10.2. The highest BCUT2D eigenvalue weighted by Crippen LogP contribution is 2.24. The molecule has 0 aromatic heterocycles. The van der Waals surface area contributed by atoms with Crippen LogP contribution in [0.5, 0.6) is 0 Å². The lowest BCUT2D eigenvalue weighted by molar-refractivity contribution is 0.00752. The fourth-order valence-electron chi connectivity index (χ4n) is 4.82. The van der Waals surface area contributed by atoms with Crippen LogP contribution in [0.25, 0.3) is 0 Å². The summed E-state index contributed by atoms with van der Waals surface area (Å²) in [6.45, 7) is 14.6. The highest BCUT2D eigenvalue weighted by molar-refractivity contribution is 5.79. The molecule has 7 heteroatoms. The molecular weight excluding hydrogens is 400 g/mol. The number of hydrogen-bond acceptors (Lipinski definition) is 5. The molecule has 2 N–H and O–H groups in total. The van der Waals surface area contributed by atoms with Gasteiger partial charge >= 0.3 is 0 Å². The molecule has 3 rings (SSSR count). The van der Waals surface area contributed by atoms with E-state index in [2.05, 4.69) is 81.6 Å². The summed E-state index contributed by atoms with van der Waals surface area (Å²) in [6, 6.07) is 11.9. The minimum Gasteiger partial charge on any atom is -0.379 e. The van der Waals surface area contributed by atoms with E-state index in [4.69, 9.17) is 4.74 Å². The van der Waals surface area contributed by atoms with Crippen molar-refractivity contribution in [1.29, 1.82) is 0 Å². The maximum Gasteiger partial charge on any atom is 0.191 e. The monoisotopic (exact) mass is 444 g/mol. The number of guanidine groups is 1. The number of morpholine rings is 1. The molecule has 2 fully saturated rings. The van der Waals surface area contributed by atoms with Gasteiger partial charge in [0, 0.05) is 71.5 Å². The summed E-state index contributed by atoms with van der Waals surface area (Å²) >= 11 is 0. The maximum atomic E-state index is 5.53. The van der Waals surface area contributed by atoms with Crippen LogP contribution in [0, 0.1) is 5.92 Å². The molecule has 180 valence electrons. The van der Waals surface area contributed by atoms with Crippen LogP contribution < -0.4 is 10.6 Å². The van der Waals surface area contributed by atoms with Gasteiger partial charge in [0.1, 0.15) is 0 Å². The van der Waals surface area contributed by atoms with Gasteiger partial charge in [-0.3, -0.25) is 14.8 Å². The quantitative estimate of drug-likeness (QED) is 0.345. The Morgan fingerprint density at radius 1 is 1.09 bits per heavy atom. The number of likely N-dealkylation sites (N-methyl/N-ethyl adjacent to an activating group) is 1. The standard InChI is InChI=1S/C25H44N6O/c1-21(2)23(31-15-17-32-18-16-31)19-28-25(26-3)27-11-8-12-30-14-13-29(4)20-24(30)22-9-6-5-7-10-22/h5-7,9-10,21,23-24H,8,11-20H2,1-4H3,(H2,26,27,28). The van der Waals surface area contributed by atoms with E-state index < -0.39 is 0 Å². The highest BCUT2D eigenvalue weighted by atomic mass is 16.5. The summed E-state index contributed by atoms with van der Waals surface area (Å²) < 4.78 is 5.53. The van der Waals surface area contributed by atoms with Gasteiger partial charge in [-0.1, -0.05) is 44.2 Å². The lowest BCUT2D eigenvalue weighted by Gasteiger charge is -2.40. The van der Waals surface area contributed by atoms with Crippen LogP contribution >= 0.6 is 0 Å². The molecule has 0 aliphatic carbocycles. The van der Waals surface area contributed by atoms with E-state index in [1.165, 1.54) is 5.56 Å². The van der Waals surface area contributed by atoms with E-state index in [0.29, 0.717) is 18.0 Å². The molecule has 7 nitrogen and oxygen atoms in total. The Balaban J connectivity index is 1.43. The molecule has 0 radical (unpaired) electrons. The fourth-order valence-corrected chi connectivity index (χ4v) is 4.82. The third-order valence-electron chi connectivity index (χ3n) is 6.78. The second-order valence-electron chi connectivity index (χ2n) is 9.42. The third-order valence-corrected chi connectivity index (χ3v) is 6.78. The van der Waals surface area contributed by atoms with Crippen molar-refractivity contribution < 1.29 is 4.74 Å². The SMILES string of the molecule is CN=C(NCCCN1CCN(C)CC1c1ccccc1)NCC(C(C)C)N1CCOCC1. The molecule has 0 spiro atoms. The van der Waals surface area contributed by atoms with Gasteiger partial charge in [-0.25, -0.2) is 0 Å². The first-order chi connectivity index (χ1) is 15.6. The van der Waals surface area contributed by atoms with E-state index in [1.54, 1.807) is 0 Å². The lowest BCUT2D eigenvalue weighted by atomic mass is 10.0. The van der Waals surface area contributed by atoms with Gasteiger partial charge in [0.2, 0.25) is 0 Å². The molecule has 32 heavy (non-hydrogen) atoms. The number of nitrogens with one attached hydrogen (secondary N) is 2. The van der Waals surface area contributed by atoms with Crippen LogP contribution in [-0.4, -0.2) is 106 Å². The van der Waals surface area contributed by atoms with Gasteiger partial charge in [-0.2, -0.15) is 0 Å². The van der Waals surface area contributed by atoms with E-state index in [1.807, 2.05) is 7.05 Å². The van der Waals surface area contributed by atoms with Crippen LogP contribution in [0.2, 0.25) is 0 Å². The Bertz CT molecular complexity index is 676. The molecule has 1 aromatic carbocycles. The summed E-state index contributed by atoms with van der Waals surface area (Å²) in [4.78, 5) is 12.1. The highest BCUT2D eigenvalue weighted by Gasteiger charge is 2.26. The Labute approximate surface area is 195 Å². The van der Waals surface area contributed by atoms with Crippen molar-refractivity contribution in [2.75, 3.05) is 79.7 Å². The molecule has 0 amide bonds. The molecular formula is C25H44N6O. The third kappa shape index (κ3) is 7.44. The average Bonchev–Trinajstić information content (AvgIpc) is 2.82. The first-order valence-corrected chi connectivity index (χ1v) is 12.3. The Hall–Kier alpha value is -1.67. The van der Waals surface area contributed by atoms with Crippen molar-refractivity contribution >= 4 is 5.96 Å². The van der Waals surface area contributed by atoms with E-state index in [-0.39, 0.29) is 0 Å². The van der Waals surface area contributed by atoms with Gasteiger partial charge in [0.05, 0.1) is 13.2 Å². The van der Waals surface area contributed by atoms with Crippen molar-refractivity contribution in [3.05, 3.63) is 35.9 Å². The molecule has 2 heterocycles. The van der Waals surface area contributed by atoms with Crippen molar-refractivity contribution in [3.8, 4) is 0 Å². The van der Waals surface area contributed by atoms with Gasteiger partial charge < -0.3 is 20.3 Å². The van der Waals surface area contributed by atoms with Gasteiger partial charge in [-0.05, 0) is 24.9 Å². The van der Waals surface area contributed by atoms with Crippen LogP contribution in [0.1, 0.15) is 31.9 Å². The zero-order chi connectivity index (χ0) is 22.8. The number of aliphatic imine (C=N–C) groups is 1. The number of hydrogen-bond donors (Lipinski definition) is 2. The minimum atomic E-state index is 0.479. The van der Waals surface area contributed by atoms with Gasteiger partial charge in [0.15, 0.2) is 5.96 Å². The lowest BCUT2D eigenvalue weighted by Crippen LogP contribution is -2.52. The second kappa shape index (κ2) is 13.1. The van der Waals surface area contributed by atoms with Crippen LogP contribution in [0.15, 0.2) is 35.3 Å². The van der Waals surface area contributed by atoms with Crippen molar-refractivity contribution in [1.82, 2.24) is 25.3 Å². The first-order valence-electron chi connectivity index (χ1n) is 12.3. The summed E-state index contributed by atoms with van der Waals surface area (Å²) in [5.41, 5.74) is 1.42. The van der Waals surface area contributed by atoms with E-state index in [0.717, 1.165) is 78.0 Å². The molecule has 2 aliphatic rings. The number of ether oxygens (including phenoxy) is 1. The largest absolute Gasteiger partial charge is 0.379 e. The fraction of sp³-hybridized carbons (Fsp3) is 0.720. The van der Waals surface area contributed by atoms with Crippen molar-refractivity contribution in [2.45, 2.75) is 32.4 Å². The molecule has 2 aliphatic heterocycles. The Morgan fingerprint density at radius 3 is 2.53 bits per heavy atom. The number of piperazine rings is 1. The van der Waals surface area contributed by atoms with Crippen LogP contribution in [-0.2, 0) is 4.74 Å². The molecule has 2 atom stereocenters. The van der Waals surface area contributed by atoms with Crippen LogP contribution in [0.4, 0.5) is 0 Å². The maximum absolute atomic E-state index is 5.53. The second-order valence-corrected chi connectivity index (χ2v) is 9.42. The van der Waals surface area contributed by atoms with Gasteiger partial charge in [-0.15, -0.1) is 0 Å². The van der Waals surface area contributed by atoms with E-state index in [9.17, 15) is 0 Å². The van der Waals surface area contributed by atoms with Crippen LogP contribution in [0.3, 0.4) is 0 Å². The molecule has 2 saturated heterocycles. The first kappa shape index (κ1) is 25.0. The zero-order valence-electron chi connectivity index (χ0n) is 20.6. The molecule has 1 aromatic rings. The predicted octanol–water partition coefficient (Wildman–Crippen LogP) is 1.89. The number of benzene rings is 1. The zero-order valence-corrected chi connectivity index (χ0v) is 20.6. The average molecular weight is 445 g/mol.